The van der Waals surface area contributed by atoms with Gasteiger partial charge in [0.05, 0.1) is 31.1 Å². The summed E-state index contributed by atoms with van der Waals surface area (Å²) in [6.45, 7) is 1.25. The number of hydrogen-bond acceptors (Lipinski definition) is 3. The maximum Gasteiger partial charge on any atom is 0.319 e. The molecule has 3 rings (SSSR count). The summed E-state index contributed by atoms with van der Waals surface area (Å²) in [4.78, 5) is 12.2. The summed E-state index contributed by atoms with van der Waals surface area (Å²) in [6.07, 6.45) is 6.59. The SMILES string of the molecule is COCCn1cc(NC(=O)N[C@H]2CCCc3ccccc32)cn1. The van der Waals surface area contributed by atoms with E-state index in [1.54, 1.807) is 24.2 Å². The Morgan fingerprint density at radius 1 is 1.43 bits per heavy atom. The molecule has 0 saturated carbocycles. The molecule has 6 heteroatoms. The fraction of sp³-hybridized carbons (Fsp3) is 0.412. The van der Waals surface area contributed by atoms with E-state index >= 15 is 0 Å². The van der Waals surface area contributed by atoms with Crippen LogP contribution in [0.2, 0.25) is 0 Å². The molecule has 0 spiro atoms. The Morgan fingerprint density at radius 2 is 2.30 bits per heavy atom. The van der Waals surface area contributed by atoms with Gasteiger partial charge in [0.25, 0.3) is 0 Å². The van der Waals surface area contributed by atoms with Gasteiger partial charge in [-0.1, -0.05) is 24.3 Å². The summed E-state index contributed by atoms with van der Waals surface area (Å²) >= 11 is 0. The summed E-state index contributed by atoms with van der Waals surface area (Å²) in [5.41, 5.74) is 3.24. The van der Waals surface area contributed by atoms with Gasteiger partial charge in [-0.25, -0.2) is 4.79 Å². The molecule has 2 aromatic rings. The Labute approximate surface area is 135 Å². The molecule has 6 nitrogen and oxygen atoms in total. The van der Waals surface area contributed by atoms with E-state index in [4.69, 9.17) is 4.74 Å². The molecular weight excluding hydrogens is 292 g/mol. The van der Waals surface area contributed by atoms with Crippen molar-refractivity contribution in [1.82, 2.24) is 15.1 Å². The Morgan fingerprint density at radius 3 is 3.17 bits per heavy atom. The van der Waals surface area contributed by atoms with Gasteiger partial charge < -0.3 is 15.4 Å². The van der Waals surface area contributed by atoms with Crippen molar-refractivity contribution in [1.29, 1.82) is 0 Å². The fourth-order valence-electron chi connectivity index (χ4n) is 2.96. The lowest BCUT2D eigenvalue weighted by Gasteiger charge is -2.26. The molecule has 23 heavy (non-hydrogen) atoms. The molecule has 2 amide bonds. The van der Waals surface area contributed by atoms with Gasteiger partial charge >= 0.3 is 6.03 Å². The van der Waals surface area contributed by atoms with Crippen LogP contribution in [-0.4, -0.2) is 29.5 Å². The van der Waals surface area contributed by atoms with Crippen molar-refractivity contribution in [2.24, 2.45) is 0 Å². The van der Waals surface area contributed by atoms with Crippen molar-refractivity contribution in [3.63, 3.8) is 0 Å². The second-order valence-electron chi connectivity index (χ2n) is 5.73. The van der Waals surface area contributed by atoms with Crippen molar-refractivity contribution in [2.75, 3.05) is 19.0 Å². The molecule has 1 heterocycles. The van der Waals surface area contributed by atoms with Crippen LogP contribution in [0.1, 0.15) is 30.0 Å². The molecule has 1 aromatic carbocycles. The number of urea groups is 1. The van der Waals surface area contributed by atoms with Crippen LogP contribution in [0.25, 0.3) is 0 Å². The van der Waals surface area contributed by atoms with Gasteiger partial charge in [0.2, 0.25) is 0 Å². The highest BCUT2D eigenvalue weighted by molar-refractivity contribution is 5.89. The zero-order chi connectivity index (χ0) is 16.1. The normalized spacial score (nSPS) is 16.7. The summed E-state index contributed by atoms with van der Waals surface area (Å²) in [5.74, 6) is 0. The first-order chi connectivity index (χ1) is 11.3. The van der Waals surface area contributed by atoms with Crippen LogP contribution in [0.4, 0.5) is 10.5 Å². The van der Waals surface area contributed by atoms with Gasteiger partial charge in [0.1, 0.15) is 0 Å². The molecule has 122 valence electrons. The predicted molar refractivity (Wildman–Crippen MR) is 88.4 cm³/mol. The first kappa shape index (κ1) is 15.6. The highest BCUT2D eigenvalue weighted by Gasteiger charge is 2.21. The summed E-state index contributed by atoms with van der Waals surface area (Å²) < 4.78 is 6.75. The second kappa shape index (κ2) is 7.28. The molecule has 0 saturated heterocycles. The van der Waals surface area contributed by atoms with Gasteiger partial charge in [-0.3, -0.25) is 4.68 Å². The average Bonchev–Trinajstić information content (AvgIpc) is 3.00. The number of aryl methyl sites for hydroxylation is 1. The highest BCUT2D eigenvalue weighted by Crippen LogP contribution is 2.29. The predicted octanol–water partition coefficient (Wildman–Crippen LogP) is 2.73. The molecule has 0 fully saturated rings. The van der Waals surface area contributed by atoms with Gasteiger partial charge in [0.15, 0.2) is 0 Å². The lowest BCUT2D eigenvalue weighted by molar-refractivity contribution is 0.183. The van der Waals surface area contributed by atoms with Crippen LogP contribution in [0.3, 0.4) is 0 Å². The fourth-order valence-corrected chi connectivity index (χ4v) is 2.96. The number of ether oxygens (including phenoxy) is 1. The van der Waals surface area contributed by atoms with Gasteiger partial charge in [-0.2, -0.15) is 5.10 Å². The number of carbonyl (C=O) groups is 1. The highest BCUT2D eigenvalue weighted by atomic mass is 16.5. The zero-order valence-corrected chi connectivity index (χ0v) is 13.3. The van der Waals surface area contributed by atoms with Crippen LogP contribution < -0.4 is 10.6 Å². The van der Waals surface area contributed by atoms with E-state index < -0.39 is 0 Å². The van der Waals surface area contributed by atoms with E-state index in [9.17, 15) is 4.79 Å². The van der Waals surface area contributed by atoms with Crippen LogP contribution in [-0.2, 0) is 17.7 Å². The van der Waals surface area contributed by atoms with Crippen molar-refractivity contribution >= 4 is 11.7 Å². The van der Waals surface area contributed by atoms with E-state index in [0.29, 0.717) is 18.8 Å². The molecule has 2 N–H and O–H groups in total. The minimum Gasteiger partial charge on any atom is -0.383 e. The first-order valence-electron chi connectivity index (χ1n) is 7.93. The van der Waals surface area contributed by atoms with Crippen molar-refractivity contribution in [2.45, 2.75) is 31.8 Å². The number of nitrogens with zero attached hydrogens (tertiary/aromatic N) is 2. The Balaban J connectivity index is 1.59. The molecule has 0 aliphatic heterocycles. The number of methoxy groups -OCH3 is 1. The maximum absolute atomic E-state index is 12.2. The molecule has 1 aliphatic rings. The summed E-state index contributed by atoms with van der Waals surface area (Å²) in [5, 5.41) is 10.1. The minimum atomic E-state index is -0.196. The average molecular weight is 314 g/mol. The van der Waals surface area contributed by atoms with Gasteiger partial charge in [-0.15, -0.1) is 0 Å². The topological polar surface area (TPSA) is 68.2 Å². The number of fused-ring (bicyclic) bond motifs is 1. The molecule has 1 aliphatic carbocycles. The van der Waals surface area contributed by atoms with E-state index in [2.05, 4.69) is 33.9 Å². The smallest absolute Gasteiger partial charge is 0.319 e. The number of aromatic nitrogens is 2. The Hall–Kier alpha value is -2.34. The molecule has 1 aromatic heterocycles. The van der Waals surface area contributed by atoms with E-state index in [-0.39, 0.29) is 12.1 Å². The van der Waals surface area contributed by atoms with Crippen molar-refractivity contribution in [3.05, 3.63) is 47.8 Å². The lowest BCUT2D eigenvalue weighted by Crippen LogP contribution is -2.34. The number of carbonyl (C=O) groups excluding carboxylic acids is 1. The largest absolute Gasteiger partial charge is 0.383 e. The zero-order valence-electron chi connectivity index (χ0n) is 13.3. The van der Waals surface area contributed by atoms with Gasteiger partial charge in [0, 0.05) is 13.3 Å². The minimum absolute atomic E-state index is 0.0727. The van der Waals surface area contributed by atoms with Crippen LogP contribution >= 0.6 is 0 Å². The Bertz CT molecular complexity index is 668. The second-order valence-corrected chi connectivity index (χ2v) is 5.73. The van der Waals surface area contributed by atoms with Gasteiger partial charge in [-0.05, 0) is 30.4 Å². The van der Waals surface area contributed by atoms with Crippen LogP contribution in [0, 0.1) is 0 Å². The Kier molecular flexibility index (Phi) is 4.92. The molecule has 0 unspecified atom stereocenters. The number of nitrogens with one attached hydrogen (secondary N) is 2. The number of benzene rings is 1. The third-order valence-electron chi connectivity index (χ3n) is 4.09. The third-order valence-corrected chi connectivity index (χ3v) is 4.09. The van der Waals surface area contributed by atoms with E-state index in [0.717, 1.165) is 19.3 Å². The van der Waals surface area contributed by atoms with Crippen molar-refractivity contribution < 1.29 is 9.53 Å². The maximum atomic E-state index is 12.2. The summed E-state index contributed by atoms with van der Waals surface area (Å²) in [7, 11) is 1.65. The molecule has 0 radical (unpaired) electrons. The quantitative estimate of drug-likeness (QED) is 0.891. The number of hydrogen-bond donors (Lipinski definition) is 2. The van der Waals surface area contributed by atoms with E-state index in [1.165, 1.54) is 11.1 Å². The monoisotopic (exact) mass is 314 g/mol. The lowest BCUT2D eigenvalue weighted by atomic mass is 9.88. The molecule has 1 atom stereocenters. The molecule has 0 bridgehead atoms. The number of rotatable bonds is 5. The number of amides is 2. The van der Waals surface area contributed by atoms with E-state index in [1.807, 2.05) is 6.07 Å². The molecular formula is C17H22N4O2. The third kappa shape index (κ3) is 3.90. The first-order valence-corrected chi connectivity index (χ1v) is 7.93. The number of anilines is 1. The van der Waals surface area contributed by atoms with Crippen molar-refractivity contribution in [3.8, 4) is 0 Å². The standard InChI is InChI=1S/C17H22N4O2/c1-23-10-9-21-12-14(11-18-21)19-17(22)20-16-8-4-6-13-5-2-3-7-15(13)16/h2-3,5,7,11-12,16H,4,6,8-10H2,1H3,(H2,19,20,22)/t16-/m0/s1. The van der Waals surface area contributed by atoms with Crippen LogP contribution in [0.5, 0.6) is 0 Å². The summed E-state index contributed by atoms with van der Waals surface area (Å²) in [6, 6.07) is 8.19. The van der Waals surface area contributed by atoms with Crippen LogP contribution in [0.15, 0.2) is 36.7 Å².